The first-order chi connectivity index (χ1) is 7.66. The van der Waals surface area contributed by atoms with Gasteiger partial charge in [0.1, 0.15) is 6.10 Å². The summed E-state index contributed by atoms with van der Waals surface area (Å²) < 4.78 is 5.09. The molecular formula is C9H11N3O4. The maximum atomic E-state index is 11.6. The predicted octanol–water partition coefficient (Wildman–Crippen LogP) is -0.0196. The number of nitrogens with one attached hydrogen (secondary N) is 2. The van der Waals surface area contributed by atoms with Crippen LogP contribution >= 0.6 is 0 Å². The van der Waals surface area contributed by atoms with Crippen molar-refractivity contribution in [1.82, 2.24) is 10.2 Å². The number of hydrogen-bond acceptors (Lipinski definition) is 4. The number of amides is 1. The van der Waals surface area contributed by atoms with Gasteiger partial charge in [0.05, 0.1) is 11.9 Å². The number of hydrogen-bond donors (Lipinski definition) is 3. The molecule has 1 aliphatic rings. The quantitative estimate of drug-likeness (QED) is 0.670. The summed E-state index contributed by atoms with van der Waals surface area (Å²) in [6, 6.07) is 0. The van der Waals surface area contributed by atoms with Crippen LogP contribution in [0.3, 0.4) is 0 Å². The summed E-state index contributed by atoms with van der Waals surface area (Å²) in [5.74, 6) is -1.37. The van der Waals surface area contributed by atoms with Crippen LogP contribution in [0.2, 0.25) is 0 Å². The van der Waals surface area contributed by atoms with E-state index in [-0.39, 0.29) is 5.91 Å². The topological polar surface area (TPSA) is 104 Å². The highest BCUT2D eigenvalue weighted by Gasteiger charge is 2.34. The van der Waals surface area contributed by atoms with Gasteiger partial charge in [-0.15, -0.1) is 0 Å². The van der Waals surface area contributed by atoms with Crippen LogP contribution in [0.4, 0.5) is 5.69 Å². The fraction of sp³-hybridized carbons (Fsp3) is 0.444. The average molecular weight is 225 g/mol. The van der Waals surface area contributed by atoms with E-state index in [1.807, 2.05) is 0 Å². The van der Waals surface area contributed by atoms with Crippen LogP contribution in [0.15, 0.2) is 12.4 Å². The van der Waals surface area contributed by atoms with Gasteiger partial charge in [-0.2, -0.15) is 5.10 Å². The minimum atomic E-state index is -1.03. The molecule has 1 fully saturated rings. The molecule has 7 nitrogen and oxygen atoms in total. The third-order valence-electron chi connectivity index (χ3n) is 2.35. The number of aromatic amines is 1. The largest absolute Gasteiger partial charge is 0.479 e. The molecule has 16 heavy (non-hydrogen) atoms. The molecule has 7 heteroatoms. The molecule has 0 spiro atoms. The van der Waals surface area contributed by atoms with E-state index in [1.165, 1.54) is 12.4 Å². The number of anilines is 1. The highest BCUT2D eigenvalue weighted by molar-refractivity contribution is 5.94. The molecule has 0 aromatic carbocycles. The summed E-state index contributed by atoms with van der Waals surface area (Å²) in [5, 5.41) is 17.5. The molecular weight excluding hydrogens is 214 g/mol. The fourth-order valence-electron chi connectivity index (χ4n) is 1.55. The fourth-order valence-corrected chi connectivity index (χ4v) is 1.55. The van der Waals surface area contributed by atoms with Crippen molar-refractivity contribution in [2.45, 2.75) is 25.0 Å². The first kappa shape index (κ1) is 10.6. The number of rotatable bonds is 3. The lowest BCUT2D eigenvalue weighted by molar-refractivity contribution is -0.150. The van der Waals surface area contributed by atoms with E-state index < -0.39 is 18.2 Å². The van der Waals surface area contributed by atoms with Crippen LogP contribution in [0.5, 0.6) is 0 Å². The Hall–Kier alpha value is -1.89. The summed E-state index contributed by atoms with van der Waals surface area (Å²) in [4.78, 5) is 22.2. The van der Waals surface area contributed by atoms with Gasteiger partial charge >= 0.3 is 5.97 Å². The molecule has 0 saturated carbocycles. The molecule has 1 saturated heterocycles. The molecule has 0 aliphatic carbocycles. The van der Waals surface area contributed by atoms with Gasteiger partial charge in [0.25, 0.3) is 5.91 Å². The highest BCUT2D eigenvalue weighted by atomic mass is 16.5. The van der Waals surface area contributed by atoms with Crippen molar-refractivity contribution in [1.29, 1.82) is 0 Å². The van der Waals surface area contributed by atoms with Gasteiger partial charge in [-0.1, -0.05) is 0 Å². The third kappa shape index (κ3) is 2.19. The van der Waals surface area contributed by atoms with E-state index in [9.17, 15) is 9.59 Å². The molecule has 0 bridgehead atoms. The zero-order valence-electron chi connectivity index (χ0n) is 8.34. The number of nitrogens with zero attached hydrogens (tertiary/aromatic N) is 1. The molecule has 1 aromatic heterocycles. The second-order valence-electron chi connectivity index (χ2n) is 3.51. The number of carbonyl (C=O) groups is 2. The third-order valence-corrected chi connectivity index (χ3v) is 2.35. The van der Waals surface area contributed by atoms with Crippen molar-refractivity contribution < 1.29 is 19.4 Å². The second kappa shape index (κ2) is 4.31. The summed E-state index contributed by atoms with van der Waals surface area (Å²) >= 11 is 0. The van der Waals surface area contributed by atoms with Gasteiger partial charge in [0.2, 0.25) is 0 Å². The smallest absolute Gasteiger partial charge is 0.332 e. The Morgan fingerprint density at radius 2 is 2.25 bits per heavy atom. The van der Waals surface area contributed by atoms with Gasteiger partial charge in [0.15, 0.2) is 6.10 Å². The van der Waals surface area contributed by atoms with Crippen LogP contribution in [-0.2, 0) is 14.3 Å². The molecule has 1 amide bonds. The summed E-state index contributed by atoms with van der Waals surface area (Å²) in [6.07, 6.45) is 2.19. The number of carbonyl (C=O) groups excluding carboxylic acids is 1. The first-order valence-corrected chi connectivity index (χ1v) is 4.84. The molecule has 2 heterocycles. The summed E-state index contributed by atoms with van der Waals surface area (Å²) in [6.45, 7) is 0. The van der Waals surface area contributed by atoms with E-state index in [0.29, 0.717) is 18.5 Å². The molecule has 86 valence electrons. The van der Waals surface area contributed by atoms with E-state index in [2.05, 4.69) is 15.5 Å². The Balaban J connectivity index is 1.90. The van der Waals surface area contributed by atoms with E-state index >= 15 is 0 Å². The molecule has 0 unspecified atom stereocenters. The van der Waals surface area contributed by atoms with E-state index in [4.69, 9.17) is 9.84 Å². The standard InChI is InChI=1S/C9H11N3O4/c13-8(12-5-3-10-11-4-5)6-1-2-7(16-6)9(14)15/h3-4,6-7H,1-2H2,(H,10,11)(H,12,13)(H,14,15)/t6-,7+/m0/s1. The molecule has 2 rings (SSSR count). The van der Waals surface area contributed by atoms with E-state index in [0.717, 1.165) is 0 Å². The molecule has 3 N–H and O–H groups in total. The maximum absolute atomic E-state index is 11.6. The minimum Gasteiger partial charge on any atom is -0.479 e. The van der Waals surface area contributed by atoms with Gasteiger partial charge in [-0.25, -0.2) is 4.79 Å². The van der Waals surface area contributed by atoms with Gasteiger partial charge in [0, 0.05) is 6.20 Å². The number of aromatic nitrogens is 2. The van der Waals surface area contributed by atoms with Crippen LogP contribution in [-0.4, -0.2) is 39.4 Å². The Morgan fingerprint density at radius 3 is 2.81 bits per heavy atom. The maximum Gasteiger partial charge on any atom is 0.332 e. The molecule has 1 aliphatic heterocycles. The lowest BCUT2D eigenvalue weighted by Crippen LogP contribution is -2.29. The molecule has 1 aromatic rings. The van der Waals surface area contributed by atoms with Crippen molar-refractivity contribution in [3.8, 4) is 0 Å². The van der Waals surface area contributed by atoms with Gasteiger partial charge in [-0.05, 0) is 12.8 Å². The predicted molar refractivity (Wildman–Crippen MR) is 52.7 cm³/mol. The lowest BCUT2D eigenvalue weighted by Gasteiger charge is -2.10. The Bertz CT molecular complexity index is 389. The minimum absolute atomic E-state index is 0.342. The van der Waals surface area contributed by atoms with Crippen molar-refractivity contribution >= 4 is 17.6 Å². The SMILES string of the molecule is O=C(Nc1cn[nH]c1)[C@@H]1CC[C@H](C(=O)O)O1. The monoisotopic (exact) mass is 225 g/mol. The normalized spacial score (nSPS) is 24.2. The van der Waals surface area contributed by atoms with Crippen LogP contribution in [0, 0.1) is 0 Å². The number of carboxylic acids is 1. The van der Waals surface area contributed by atoms with Crippen molar-refractivity contribution in [3.63, 3.8) is 0 Å². The van der Waals surface area contributed by atoms with E-state index in [1.54, 1.807) is 0 Å². The summed E-state index contributed by atoms with van der Waals surface area (Å²) in [5.41, 5.74) is 0.535. The number of aliphatic carboxylic acids is 1. The van der Waals surface area contributed by atoms with Crippen LogP contribution < -0.4 is 5.32 Å². The number of carboxylic acid groups (broad SMARTS) is 1. The van der Waals surface area contributed by atoms with Crippen molar-refractivity contribution in [2.75, 3.05) is 5.32 Å². The Kier molecular flexibility index (Phi) is 2.86. The van der Waals surface area contributed by atoms with Crippen molar-refractivity contribution in [3.05, 3.63) is 12.4 Å². The molecule has 2 atom stereocenters. The average Bonchev–Trinajstić information content (AvgIpc) is 2.86. The Morgan fingerprint density at radius 1 is 1.50 bits per heavy atom. The number of ether oxygens (including phenoxy) is 1. The highest BCUT2D eigenvalue weighted by Crippen LogP contribution is 2.21. The number of H-pyrrole nitrogens is 1. The lowest BCUT2D eigenvalue weighted by atomic mass is 10.2. The van der Waals surface area contributed by atoms with Crippen LogP contribution in [0.1, 0.15) is 12.8 Å². The zero-order valence-corrected chi connectivity index (χ0v) is 8.34. The zero-order chi connectivity index (χ0) is 11.5. The van der Waals surface area contributed by atoms with Gasteiger partial charge in [-0.3, -0.25) is 9.89 Å². The van der Waals surface area contributed by atoms with Crippen molar-refractivity contribution in [2.24, 2.45) is 0 Å². The molecule has 0 radical (unpaired) electrons. The summed E-state index contributed by atoms with van der Waals surface area (Å²) in [7, 11) is 0. The Labute approximate surface area is 90.8 Å². The van der Waals surface area contributed by atoms with Crippen LogP contribution in [0.25, 0.3) is 0 Å². The van der Waals surface area contributed by atoms with Gasteiger partial charge < -0.3 is 15.2 Å². The first-order valence-electron chi connectivity index (χ1n) is 4.84. The second-order valence-corrected chi connectivity index (χ2v) is 3.51.